The molecule has 0 spiro atoms. The number of amides is 1. The molecule has 2 aromatic rings. The summed E-state index contributed by atoms with van der Waals surface area (Å²) in [5.41, 5.74) is 1.22. The summed E-state index contributed by atoms with van der Waals surface area (Å²) in [4.78, 5) is 21.1. The second kappa shape index (κ2) is 10.8. The minimum atomic E-state index is 0.229. The van der Waals surface area contributed by atoms with E-state index in [1.54, 1.807) is 0 Å². The van der Waals surface area contributed by atoms with Gasteiger partial charge in [-0.2, -0.15) is 4.98 Å². The maximum atomic E-state index is 12.4. The smallest absolute Gasteiger partial charge is 0.226 e. The Morgan fingerprint density at radius 3 is 2.68 bits per heavy atom. The zero-order chi connectivity index (χ0) is 19.6. The van der Waals surface area contributed by atoms with Gasteiger partial charge in [0.05, 0.1) is 0 Å². The molecule has 1 aliphatic rings. The van der Waals surface area contributed by atoms with E-state index in [0.29, 0.717) is 18.7 Å². The average molecular weight is 383 g/mol. The van der Waals surface area contributed by atoms with E-state index in [1.807, 2.05) is 23.1 Å². The fraction of sp³-hybridized carbons (Fsp3) is 0.500. The number of rotatable bonds is 9. The number of carbonyl (C=O) groups is 1. The summed E-state index contributed by atoms with van der Waals surface area (Å²) in [7, 11) is 0. The Kier molecular flexibility index (Phi) is 7.79. The van der Waals surface area contributed by atoms with Gasteiger partial charge in [-0.15, -0.1) is 0 Å². The predicted octanol–water partition coefficient (Wildman–Crippen LogP) is 3.20. The molecule has 1 saturated heterocycles. The first-order valence-corrected chi connectivity index (χ1v) is 10.3. The van der Waals surface area contributed by atoms with Crippen LogP contribution in [0.3, 0.4) is 0 Å². The van der Waals surface area contributed by atoms with E-state index in [0.717, 1.165) is 57.8 Å². The zero-order valence-corrected chi connectivity index (χ0v) is 16.7. The summed E-state index contributed by atoms with van der Waals surface area (Å²) < 4.78 is 5.23. The lowest BCUT2D eigenvalue weighted by atomic mass is 10.2. The third kappa shape index (κ3) is 6.30. The first kappa shape index (κ1) is 20.3. The molecule has 0 N–H and O–H groups in total. The van der Waals surface area contributed by atoms with Gasteiger partial charge in [-0.05, 0) is 18.4 Å². The SMILES string of the molecule is CCCc1noc(CCCC(=O)N2CCN(C/C=C/c3ccccc3)CC2)n1. The highest BCUT2D eigenvalue weighted by Gasteiger charge is 2.20. The molecule has 28 heavy (non-hydrogen) atoms. The van der Waals surface area contributed by atoms with E-state index in [-0.39, 0.29) is 5.91 Å². The van der Waals surface area contributed by atoms with Gasteiger partial charge in [-0.3, -0.25) is 9.69 Å². The molecule has 0 unspecified atom stereocenters. The third-order valence-electron chi connectivity index (χ3n) is 4.96. The molecule has 1 amide bonds. The Labute approximate surface area is 167 Å². The van der Waals surface area contributed by atoms with Crippen LogP contribution in [0.1, 0.15) is 43.5 Å². The quantitative estimate of drug-likeness (QED) is 0.666. The molecule has 1 fully saturated rings. The van der Waals surface area contributed by atoms with Crippen LogP contribution < -0.4 is 0 Å². The standard InChI is InChI=1S/C22H30N4O2/c1-2-8-20-23-21(28-24-20)12-6-13-22(27)26-17-15-25(16-18-26)14-7-11-19-9-4-3-5-10-19/h3-5,7,9-11H,2,6,8,12-18H2,1H3/b11-7+. The molecule has 0 aliphatic carbocycles. The van der Waals surface area contributed by atoms with Gasteiger partial charge >= 0.3 is 0 Å². The highest BCUT2D eigenvalue weighted by atomic mass is 16.5. The van der Waals surface area contributed by atoms with Gasteiger partial charge in [0.2, 0.25) is 11.8 Å². The van der Waals surface area contributed by atoms with Crippen molar-refractivity contribution in [3.05, 3.63) is 53.7 Å². The highest BCUT2D eigenvalue weighted by Crippen LogP contribution is 2.09. The molecule has 0 saturated carbocycles. The molecular formula is C22H30N4O2. The van der Waals surface area contributed by atoms with Crippen LogP contribution >= 0.6 is 0 Å². The number of aryl methyl sites for hydroxylation is 2. The molecular weight excluding hydrogens is 352 g/mol. The number of aromatic nitrogens is 2. The van der Waals surface area contributed by atoms with Crippen molar-refractivity contribution in [1.82, 2.24) is 19.9 Å². The van der Waals surface area contributed by atoms with Crippen molar-refractivity contribution >= 4 is 12.0 Å². The van der Waals surface area contributed by atoms with Crippen molar-refractivity contribution < 1.29 is 9.32 Å². The van der Waals surface area contributed by atoms with Crippen LogP contribution in [0.5, 0.6) is 0 Å². The fourth-order valence-corrected chi connectivity index (χ4v) is 3.35. The highest BCUT2D eigenvalue weighted by molar-refractivity contribution is 5.76. The summed E-state index contributed by atoms with van der Waals surface area (Å²) >= 11 is 0. The van der Waals surface area contributed by atoms with Crippen molar-refractivity contribution in [2.24, 2.45) is 0 Å². The van der Waals surface area contributed by atoms with Gasteiger partial charge in [0.25, 0.3) is 0 Å². The monoisotopic (exact) mass is 382 g/mol. The Hall–Kier alpha value is -2.47. The lowest BCUT2D eigenvalue weighted by Crippen LogP contribution is -2.48. The van der Waals surface area contributed by atoms with E-state index in [9.17, 15) is 4.79 Å². The summed E-state index contributed by atoms with van der Waals surface area (Å²) in [5, 5.41) is 3.95. The molecule has 0 bridgehead atoms. The first-order valence-electron chi connectivity index (χ1n) is 10.3. The van der Waals surface area contributed by atoms with Gasteiger partial charge in [-0.25, -0.2) is 0 Å². The second-order valence-corrected chi connectivity index (χ2v) is 7.20. The number of hydrogen-bond donors (Lipinski definition) is 0. The van der Waals surface area contributed by atoms with E-state index in [1.165, 1.54) is 5.56 Å². The van der Waals surface area contributed by atoms with Gasteiger partial charge in [0.15, 0.2) is 5.82 Å². The second-order valence-electron chi connectivity index (χ2n) is 7.20. The molecule has 2 heterocycles. The van der Waals surface area contributed by atoms with Crippen molar-refractivity contribution in [3.63, 3.8) is 0 Å². The van der Waals surface area contributed by atoms with Crippen LogP contribution in [0.15, 0.2) is 40.9 Å². The lowest BCUT2D eigenvalue weighted by Gasteiger charge is -2.34. The average Bonchev–Trinajstić information content (AvgIpc) is 3.17. The van der Waals surface area contributed by atoms with Gasteiger partial charge in [0, 0.05) is 52.0 Å². The fourth-order valence-electron chi connectivity index (χ4n) is 3.35. The largest absolute Gasteiger partial charge is 0.340 e. The van der Waals surface area contributed by atoms with Crippen molar-refractivity contribution in [1.29, 1.82) is 0 Å². The summed E-state index contributed by atoms with van der Waals surface area (Å²) in [6, 6.07) is 10.3. The normalized spacial score (nSPS) is 15.4. The van der Waals surface area contributed by atoms with E-state index < -0.39 is 0 Å². The molecule has 6 heteroatoms. The van der Waals surface area contributed by atoms with Gasteiger partial charge < -0.3 is 9.42 Å². The number of hydrogen-bond acceptors (Lipinski definition) is 5. The molecule has 3 rings (SSSR count). The maximum absolute atomic E-state index is 12.4. The van der Waals surface area contributed by atoms with Crippen LogP contribution in [0.25, 0.3) is 6.08 Å². The van der Waals surface area contributed by atoms with Gasteiger partial charge in [-0.1, -0.05) is 54.6 Å². The van der Waals surface area contributed by atoms with Crippen molar-refractivity contribution in [3.8, 4) is 0 Å². The van der Waals surface area contributed by atoms with Crippen molar-refractivity contribution in [2.75, 3.05) is 32.7 Å². The van der Waals surface area contributed by atoms with Gasteiger partial charge in [0.1, 0.15) is 0 Å². The Morgan fingerprint density at radius 2 is 1.93 bits per heavy atom. The molecule has 1 aromatic heterocycles. The summed E-state index contributed by atoms with van der Waals surface area (Å²) in [6.07, 6.45) is 8.17. The number of nitrogens with zero attached hydrogens (tertiary/aromatic N) is 4. The van der Waals surface area contributed by atoms with Crippen LogP contribution in [0.4, 0.5) is 0 Å². The molecule has 150 valence electrons. The topological polar surface area (TPSA) is 62.5 Å². The number of benzene rings is 1. The Bertz CT molecular complexity index is 749. The van der Waals surface area contributed by atoms with Crippen molar-refractivity contribution in [2.45, 2.75) is 39.0 Å². The van der Waals surface area contributed by atoms with Crippen LogP contribution in [-0.4, -0.2) is 58.6 Å². The predicted molar refractivity (Wildman–Crippen MR) is 110 cm³/mol. The zero-order valence-electron chi connectivity index (χ0n) is 16.7. The number of carbonyl (C=O) groups excluding carboxylic acids is 1. The Balaban J connectivity index is 1.32. The minimum absolute atomic E-state index is 0.229. The molecule has 0 radical (unpaired) electrons. The van der Waals surface area contributed by atoms with E-state index in [4.69, 9.17) is 4.52 Å². The third-order valence-corrected chi connectivity index (χ3v) is 4.96. The summed E-state index contributed by atoms with van der Waals surface area (Å²) in [6.45, 7) is 6.48. The maximum Gasteiger partial charge on any atom is 0.226 e. The van der Waals surface area contributed by atoms with E-state index >= 15 is 0 Å². The first-order chi connectivity index (χ1) is 13.7. The molecule has 6 nitrogen and oxygen atoms in total. The van der Waals surface area contributed by atoms with Crippen LogP contribution in [0.2, 0.25) is 0 Å². The minimum Gasteiger partial charge on any atom is -0.340 e. The summed E-state index contributed by atoms with van der Waals surface area (Å²) in [5.74, 6) is 1.64. The van der Waals surface area contributed by atoms with Crippen LogP contribution in [-0.2, 0) is 17.6 Å². The lowest BCUT2D eigenvalue weighted by molar-refractivity contribution is -0.132. The molecule has 1 aliphatic heterocycles. The van der Waals surface area contributed by atoms with Crippen LogP contribution in [0, 0.1) is 0 Å². The Morgan fingerprint density at radius 1 is 1.14 bits per heavy atom. The molecule has 0 atom stereocenters. The van der Waals surface area contributed by atoms with E-state index in [2.05, 4.69) is 46.2 Å². The number of piperazine rings is 1. The molecule has 1 aromatic carbocycles.